The van der Waals surface area contributed by atoms with Gasteiger partial charge in [-0.3, -0.25) is 4.79 Å². The Balaban J connectivity index is 1.44. The Labute approximate surface area is 186 Å². The second kappa shape index (κ2) is 10.3. The Morgan fingerprint density at radius 1 is 0.968 bits per heavy atom. The molecule has 31 heavy (non-hydrogen) atoms. The normalized spacial score (nSPS) is 13.7. The largest absolute Gasteiger partial charge is 0.497 e. The summed E-state index contributed by atoms with van der Waals surface area (Å²) in [7, 11) is 1.64. The molecule has 0 radical (unpaired) electrons. The summed E-state index contributed by atoms with van der Waals surface area (Å²) in [5, 5.41) is 3.17. The number of hydrogen-bond donors (Lipinski definition) is 1. The van der Waals surface area contributed by atoms with E-state index in [1.54, 1.807) is 7.11 Å². The molecule has 3 aromatic rings. The molecule has 1 atom stereocenters. The van der Waals surface area contributed by atoms with Crippen molar-refractivity contribution in [2.75, 3.05) is 26.1 Å². The Hall–Kier alpha value is -3.12. The van der Waals surface area contributed by atoms with Crippen molar-refractivity contribution in [2.45, 2.75) is 17.4 Å². The summed E-state index contributed by atoms with van der Waals surface area (Å²) < 4.78 is 16.7. The molecule has 1 aliphatic rings. The third kappa shape index (κ3) is 5.52. The lowest BCUT2D eigenvalue weighted by Gasteiger charge is -2.20. The Bertz CT molecular complexity index is 1010. The van der Waals surface area contributed by atoms with Crippen LogP contribution in [0, 0.1) is 0 Å². The molecule has 1 aliphatic heterocycles. The molecule has 1 heterocycles. The van der Waals surface area contributed by atoms with Gasteiger partial charge in [0.15, 0.2) is 11.5 Å². The quantitative estimate of drug-likeness (QED) is 0.538. The maximum atomic E-state index is 12.8. The fourth-order valence-electron chi connectivity index (χ4n) is 3.39. The molecule has 0 unspecified atom stereocenters. The minimum absolute atomic E-state index is 0.0400. The fraction of sp³-hybridized carbons (Fsp3) is 0.240. The van der Waals surface area contributed by atoms with E-state index in [9.17, 15) is 4.79 Å². The number of carbonyl (C=O) groups is 1. The molecule has 1 N–H and O–H groups in total. The van der Waals surface area contributed by atoms with Gasteiger partial charge in [-0.05, 0) is 41.5 Å². The number of thioether (sulfide) groups is 1. The summed E-state index contributed by atoms with van der Waals surface area (Å²) in [6.45, 7) is 1.30. The van der Waals surface area contributed by atoms with E-state index in [0.29, 0.717) is 19.0 Å². The standard InChI is InChI=1S/C25H25NO4S/c1-28-20-10-8-19(9-11-20)25(18-6-3-2-4-7-18)26-24(27)17-31-21-12-13-22-23(16-21)30-15-5-14-29-22/h2-4,6-13,16,25H,5,14-15,17H2,1H3,(H,26,27)/t25-/m1/s1. The van der Waals surface area contributed by atoms with Crippen molar-refractivity contribution >= 4 is 17.7 Å². The van der Waals surface area contributed by atoms with Crippen molar-refractivity contribution < 1.29 is 19.0 Å². The van der Waals surface area contributed by atoms with Crippen LogP contribution in [0.25, 0.3) is 0 Å². The first-order valence-electron chi connectivity index (χ1n) is 10.2. The first-order valence-corrected chi connectivity index (χ1v) is 11.2. The van der Waals surface area contributed by atoms with Crippen molar-refractivity contribution in [3.8, 4) is 17.2 Å². The molecule has 0 aromatic heterocycles. The average Bonchev–Trinajstić information content (AvgIpc) is 3.07. The zero-order chi connectivity index (χ0) is 21.5. The van der Waals surface area contributed by atoms with Gasteiger partial charge in [0.2, 0.25) is 5.91 Å². The number of benzene rings is 3. The number of ether oxygens (including phenoxy) is 3. The van der Waals surface area contributed by atoms with Crippen LogP contribution in [0.1, 0.15) is 23.6 Å². The van der Waals surface area contributed by atoms with E-state index in [2.05, 4.69) is 5.32 Å². The molecular weight excluding hydrogens is 410 g/mol. The highest BCUT2D eigenvalue weighted by Gasteiger charge is 2.18. The van der Waals surface area contributed by atoms with Crippen LogP contribution in [0.4, 0.5) is 0 Å². The van der Waals surface area contributed by atoms with Gasteiger partial charge in [-0.15, -0.1) is 11.8 Å². The summed E-state index contributed by atoms with van der Waals surface area (Å²) in [5.41, 5.74) is 2.03. The van der Waals surface area contributed by atoms with Gasteiger partial charge >= 0.3 is 0 Å². The summed E-state index contributed by atoms with van der Waals surface area (Å²) in [6, 6.07) is 23.3. The highest BCUT2D eigenvalue weighted by Crippen LogP contribution is 2.34. The lowest BCUT2D eigenvalue weighted by atomic mass is 9.98. The molecule has 0 bridgehead atoms. The summed E-state index contributed by atoms with van der Waals surface area (Å²) in [6.07, 6.45) is 0.867. The van der Waals surface area contributed by atoms with Gasteiger partial charge in [0, 0.05) is 11.3 Å². The molecule has 0 saturated heterocycles. The number of hydrogen-bond acceptors (Lipinski definition) is 5. The minimum atomic E-state index is -0.232. The third-order valence-electron chi connectivity index (χ3n) is 4.98. The van der Waals surface area contributed by atoms with Gasteiger partial charge in [0.1, 0.15) is 5.75 Å². The van der Waals surface area contributed by atoms with Crippen molar-refractivity contribution in [1.29, 1.82) is 0 Å². The first-order chi connectivity index (χ1) is 15.2. The van der Waals surface area contributed by atoms with Crippen LogP contribution in [0.15, 0.2) is 77.7 Å². The SMILES string of the molecule is COc1ccc([C@H](NC(=O)CSc2ccc3c(c2)OCCCO3)c2ccccc2)cc1. The van der Waals surface area contributed by atoms with Gasteiger partial charge in [-0.25, -0.2) is 0 Å². The number of rotatable bonds is 7. The minimum Gasteiger partial charge on any atom is -0.497 e. The lowest BCUT2D eigenvalue weighted by molar-refractivity contribution is -0.119. The van der Waals surface area contributed by atoms with Gasteiger partial charge in [-0.1, -0.05) is 42.5 Å². The summed E-state index contributed by atoms with van der Waals surface area (Å²) in [5.74, 6) is 2.55. The van der Waals surface area contributed by atoms with Gasteiger partial charge in [-0.2, -0.15) is 0 Å². The van der Waals surface area contributed by atoms with Crippen molar-refractivity contribution in [2.24, 2.45) is 0 Å². The number of fused-ring (bicyclic) bond motifs is 1. The van der Waals surface area contributed by atoms with Crippen LogP contribution in [-0.2, 0) is 4.79 Å². The van der Waals surface area contributed by atoms with E-state index in [1.165, 1.54) is 11.8 Å². The Kier molecular flexibility index (Phi) is 6.99. The highest BCUT2D eigenvalue weighted by atomic mass is 32.2. The van der Waals surface area contributed by atoms with Crippen LogP contribution in [0.5, 0.6) is 17.2 Å². The number of methoxy groups -OCH3 is 1. The number of carbonyl (C=O) groups excluding carboxylic acids is 1. The van der Waals surface area contributed by atoms with Gasteiger partial charge in [0.05, 0.1) is 32.1 Å². The molecule has 3 aromatic carbocycles. The topological polar surface area (TPSA) is 56.8 Å². The van der Waals surface area contributed by atoms with Crippen LogP contribution in [-0.4, -0.2) is 32.0 Å². The number of nitrogens with one attached hydrogen (secondary N) is 1. The van der Waals surface area contributed by atoms with Crippen LogP contribution < -0.4 is 19.5 Å². The second-order valence-corrected chi connectivity index (χ2v) is 8.18. The fourth-order valence-corrected chi connectivity index (χ4v) is 4.12. The van der Waals surface area contributed by atoms with E-state index in [4.69, 9.17) is 14.2 Å². The van der Waals surface area contributed by atoms with Crippen LogP contribution in [0.2, 0.25) is 0 Å². The van der Waals surface area contributed by atoms with E-state index in [0.717, 1.165) is 39.7 Å². The van der Waals surface area contributed by atoms with Crippen molar-refractivity contribution in [3.05, 3.63) is 83.9 Å². The monoisotopic (exact) mass is 435 g/mol. The third-order valence-corrected chi connectivity index (χ3v) is 5.97. The molecule has 1 amide bonds. The first kappa shape index (κ1) is 21.1. The number of amides is 1. The molecule has 5 nitrogen and oxygen atoms in total. The molecule has 0 fully saturated rings. The van der Waals surface area contributed by atoms with E-state index >= 15 is 0 Å². The Morgan fingerprint density at radius 3 is 2.42 bits per heavy atom. The molecule has 0 saturated carbocycles. The summed E-state index contributed by atoms with van der Waals surface area (Å²) >= 11 is 1.48. The highest BCUT2D eigenvalue weighted by molar-refractivity contribution is 8.00. The maximum Gasteiger partial charge on any atom is 0.231 e. The molecule has 4 rings (SSSR count). The lowest BCUT2D eigenvalue weighted by Crippen LogP contribution is -2.30. The van der Waals surface area contributed by atoms with Crippen molar-refractivity contribution in [3.63, 3.8) is 0 Å². The predicted octanol–water partition coefficient (Wildman–Crippen LogP) is 4.85. The van der Waals surface area contributed by atoms with Crippen LogP contribution in [0.3, 0.4) is 0 Å². The van der Waals surface area contributed by atoms with E-state index in [1.807, 2.05) is 72.8 Å². The van der Waals surface area contributed by atoms with Crippen molar-refractivity contribution in [1.82, 2.24) is 5.32 Å². The predicted molar refractivity (Wildman–Crippen MR) is 122 cm³/mol. The van der Waals surface area contributed by atoms with Gasteiger partial charge < -0.3 is 19.5 Å². The molecule has 6 heteroatoms. The molecule has 160 valence electrons. The smallest absolute Gasteiger partial charge is 0.231 e. The summed E-state index contributed by atoms with van der Waals surface area (Å²) in [4.78, 5) is 13.8. The molecular formula is C25H25NO4S. The van der Waals surface area contributed by atoms with E-state index < -0.39 is 0 Å². The molecule has 0 aliphatic carbocycles. The maximum absolute atomic E-state index is 12.8. The zero-order valence-corrected chi connectivity index (χ0v) is 18.2. The molecule has 0 spiro atoms. The average molecular weight is 436 g/mol. The van der Waals surface area contributed by atoms with Crippen LogP contribution >= 0.6 is 11.8 Å². The van der Waals surface area contributed by atoms with E-state index in [-0.39, 0.29) is 11.9 Å². The van der Waals surface area contributed by atoms with Gasteiger partial charge in [0.25, 0.3) is 0 Å². The second-order valence-electron chi connectivity index (χ2n) is 7.13. The Morgan fingerprint density at radius 2 is 1.68 bits per heavy atom. The zero-order valence-electron chi connectivity index (χ0n) is 17.4.